The summed E-state index contributed by atoms with van der Waals surface area (Å²) in [5, 5.41) is 3.25. The maximum Gasteiger partial charge on any atom is 0.244 e. The van der Waals surface area contributed by atoms with Crippen LogP contribution < -0.4 is 14.4 Å². The molecule has 36 heavy (non-hydrogen) atoms. The Morgan fingerprint density at radius 3 is 2.31 bits per heavy atom. The molecule has 198 valence electrons. The number of halogens is 1. The highest BCUT2D eigenvalue weighted by atomic mass is 35.5. The summed E-state index contributed by atoms with van der Waals surface area (Å²) in [5.41, 5.74) is 1.16. The van der Waals surface area contributed by atoms with Crippen molar-refractivity contribution in [3.8, 4) is 5.75 Å². The van der Waals surface area contributed by atoms with E-state index in [1.165, 1.54) is 18.1 Å². The Kier molecular flexibility index (Phi) is 11.0. The number of anilines is 1. The molecule has 2 rings (SSSR count). The molecule has 2 aromatic rings. The lowest BCUT2D eigenvalue weighted by Crippen LogP contribution is -2.54. The monoisotopic (exact) mass is 537 g/mol. The van der Waals surface area contributed by atoms with Gasteiger partial charge in [0.25, 0.3) is 0 Å². The first kappa shape index (κ1) is 29.5. The molecule has 0 bridgehead atoms. The zero-order valence-electron chi connectivity index (χ0n) is 21.5. The molecule has 2 amide bonds. The Morgan fingerprint density at radius 2 is 1.75 bits per heavy atom. The number of benzene rings is 2. The van der Waals surface area contributed by atoms with E-state index in [9.17, 15) is 18.0 Å². The highest BCUT2D eigenvalue weighted by Gasteiger charge is 2.32. The Balaban J connectivity index is 2.43. The van der Waals surface area contributed by atoms with Gasteiger partial charge in [-0.3, -0.25) is 13.9 Å². The number of rotatable bonds is 13. The number of methoxy groups -OCH3 is 1. The fourth-order valence-electron chi connectivity index (χ4n) is 3.79. The minimum Gasteiger partial charge on any atom is -0.495 e. The second kappa shape index (κ2) is 13.5. The Bertz CT molecular complexity index is 1130. The zero-order valence-corrected chi connectivity index (χ0v) is 23.1. The first-order chi connectivity index (χ1) is 17.0. The standard InChI is InChI=1S/C26H36ClN3O5S/c1-6-19(3)28-26(32)22(7-2)29(16-15-20-11-9-8-10-12-20)25(31)18-30(36(5,33)34)23-17-21(27)13-14-24(23)35-4/h8-14,17,19,22H,6-7,15-16,18H2,1-5H3,(H,28,32)/t19-,22-/m1/s1. The predicted octanol–water partition coefficient (Wildman–Crippen LogP) is 3.88. The number of hydrogen-bond acceptors (Lipinski definition) is 5. The van der Waals surface area contributed by atoms with Gasteiger partial charge in [0.05, 0.1) is 19.1 Å². The smallest absolute Gasteiger partial charge is 0.244 e. The van der Waals surface area contributed by atoms with Crippen LogP contribution in [-0.4, -0.2) is 63.7 Å². The van der Waals surface area contributed by atoms with E-state index in [0.29, 0.717) is 17.9 Å². The average molecular weight is 538 g/mol. The maximum absolute atomic E-state index is 13.7. The number of carbonyl (C=O) groups excluding carboxylic acids is 2. The van der Waals surface area contributed by atoms with Gasteiger partial charge >= 0.3 is 0 Å². The van der Waals surface area contributed by atoms with Gasteiger partial charge in [0.2, 0.25) is 21.8 Å². The molecule has 0 unspecified atom stereocenters. The van der Waals surface area contributed by atoms with Crippen LogP contribution >= 0.6 is 11.6 Å². The topological polar surface area (TPSA) is 96.0 Å². The van der Waals surface area contributed by atoms with Gasteiger partial charge in [-0.15, -0.1) is 0 Å². The second-order valence-corrected chi connectivity index (χ2v) is 11.0. The lowest BCUT2D eigenvalue weighted by Gasteiger charge is -2.33. The summed E-state index contributed by atoms with van der Waals surface area (Å²) in [6.07, 6.45) is 2.65. The first-order valence-corrected chi connectivity index (χ1v) is 14.2. The second-order valence-electron chi connectivity index (χ2n) is 8.65. The highest BCUT2D eigenvalue weighted by Crippen LogP contribution is 2.33. The van der Waals surface area contributed by atoms with E-state index in [2.05, 4.69) is 5.32 Å². The molecular formula is C26H36ClN3O5S. The predicted molar refractivity (Wildman–Crippen MR) is 144 cm³/mol. The zero-order chi connectivity index (χ0) is 26.9. The summed E-state index contributed by atoms with van der Waals surface area (Å²) in [6.45, 7) is 5.44. The first-order valence-electron chi connectivity index (χ1n) is 12.0. The van der Waals surface area contributed by atoms with Crippen molar-refractivity contribution in [1.29, 1.82) is 0 Å². The summed E-state index contributed by atoms with van der Waals surface area (Å²) in [6, 6.07) is 13.4. The molecule has 0 aromatic heterocycles. The number of nitrogens with zero attached hydrogens (tertiary/aromatic N) is 2. The third-order valence-corrected chi connectivity index (χ3v) is 7.32. The summed E-state index contributed by atoms with van der Waals surface area (Å²) < 4.78 is 31.9. The van der Waals surface area contributed by atoms with Gasteiger partial charge in [0.1, 0.15) is 18.3 Å². The van der Waals surface area contributed by atoms with Crippen LogP contribution in [-0.2, 0) is 26.0 Å². The molecular weight excluding hydrogens is 502 g/mol. The van der Waals surface area contributed by atoms with E-state index in [1.54, 1.807) is 12.1 Å². The fourth-order valence-corrected chi connectivity index (χ4v) is 4.80. The van der Waals surface area contributed by atoms with Crippen LogP contribution in [0.15, 0.2) is 48.5 Å². The number of carbonyl (C=O) groups is 2. The van der Waals surface area contributed by atoms with Crippen molar-refractivity contribution in [2.75, 3.05) is 30.8 Å². The molecule has 0 spiro atoms. The SMILES string of the molecule is CC[C@@H](C)NC(=O)[C@@H](CC)N(CCc1ccccc1)C(=O)CN(c1cc(Cl)ccc1OC)S(C)(=O)=O. The summed E-state index contributed by atoms with van der Waals surface area (Å²) >= 11 is 6.14. The van der Waals surface area contributed by atoms with E-state index < -0.39 is 28.5 Å². The fraction of sp³-hybridized carbons (Fsp3) is 0.462. The van der Waals surface area contributed by atoms with Crippen molar-refractivity contribution in [3.05, 3.63) is 59.1 Å². The molecule has 0 aliphatic heterocycles. The third-order valence-electron chi connectivity index (χ3n) is 5.96. The molecule has 0 radical (unpaired) electrons. The van der Waals surface area contributed by atoms with Crippen molar-refractivity contribution < 1.29 is 22.7 Å². The van der Waals surface area contributed by atoms with Crippen molar-refractivity contribution in [1.82, 2.24) is 10.2 Å². The molecule has 1 N–H and O–H groups in total. The van der Waals surface area contributed by atoms with E-state index in [-0.39, 0.29) is 29.9 Å². The van der Waals surface area contributed by atoms with Gasteiger partial charge in [-0.05, 0) is 49.9 Å². The molecule has 2 aromatic carbocycles. The number of hydrogen-bond donors (Lipinski definition) is 1. The lowest BCUT2D eigenvalue weighted by molar-refractivity contribution is -0.139. The molecule has 0 aliphatic rings. The molecule has 0 heterocycles. The molecule has 0 fully saturated rings. The number of sulfonamides is 1. The number of amides is 2. The highest BCUT2D eigenvalue weighted by molar-refractivity contribution is 7.92. The van der Waals surface area contributed by atoms with Crippen LogP contribution in [0.3, 0.4) is 0 Å². The van der Waals surface area contributed by atoms with Gasteiger partial charge < -0.3 is 15.0 Å². The number of nitrogens with one attached hydrogen (secondary N) is 1. The lowest BCUT2D eigenvalue weighted by atomic mass is 10.1. The van der Waals surface area contributed by atoms with E-state index in [4.69, 9.17) is 16.3 Å². The Hall–Kier alpha value is -2.78. The average Bonchev–Trinajstić information content (AvgIpc) is 2.84. The van der Waals surface area contributed by atoms with Crippen LogP contribution in [0.1, 0.15) is 39.2 Å². The minimum atomic E-state index is -3.89. The quantitative estimate of drug-likeness (QED) is 0.418. The largest absolute Gasteiger partial charge is 0.495 e. The van der Waals surface area contributed by atoms with Gasteiger partial charge in [0.15, 0.2) is 0 Å². The van der Waals surface area contributed by atoms with Crippen LogP contribution in [0.4, 0.5) is 5.69 Å². The van der Waals surface area contributed by atoms with E-state index >= 15 is 0 Å². The van der Waals surface area contributed by atoms with Gasteiger partial charge in [-0.2, -0.15) is 0 Å². The minimum absolute atomic E-state index is 0.0548. The molecule has 0 saturated heterocycles. The van der Waals surface area contributed by atoms with Gasteiger partial charge in [-0.25, -0.2) is 8.42 Å². The Morgan fingerprint density at radius 1 is 1.08 bits per heavy atom. The molecule has 8 nitrogen and oxygen atoms in total. The van der Waals surface area contributed by atoms with Crippen LogP contribution in [0, 0.1) is 0 Å². The Labute approximate surface area is 219 Å². The van der Waals surface area contributed by atoms with Crippen LogP contribution in [0.2, 0.25) is 5.02 Å². The summed E-state index contributed by atoms with van der Waals surface area (Å²) in [4.78, 5) is 28.3. The maximum atomic E-state index is 13.7. The normalized spacial score (nSPS) is 12.9. The van der Waals surface area contributed by atoms with Crippen molar-refractivity contribution in [3.63, 3.8) is 0 Å². The molecule has 2 atom stereocenters. The van der Waals surface area contributed by atoms with Crippen molar-refractivity contribution in [2.24, 2.45) is 0 Å². The van der Waals surface area contributed by atoms with Crippen LogP contribution in [0.5, 0.6) is 5.75 Å². The van der Waals surface area contributed by atoms with Crippen LogP contribution in [0.25, 0.3) is 0 Å². The molecule has 0 aliphatic carbocycles. The third kappa shape index (κ3) is 8.13. The molecule has 10 heteroatoms. The van der Waals surface area contributed by atoms with Gasteiger partial charge in [0, 0.05) is 17.6 Å². The molecule has 0 saturated carbocycles. The van der Waals surface area contributed by atoms with E-state index in [1.807, 2.05) is 51.1 Å². The van der Waals surface area contributed by atoms with Gasteiger partial charge in [-0.1, -0.05) is 55.8 Å². The summed E-state index contributed by atoms with van der Waals surface area (Å²) in [7, 11) is -2.48. The summed E-state index contributed by atoms with van der Waals surface area (Å²) in [5.74, 6) is -0.501. The van der Waals surface area contributed by atoms with Crippen molar-refractivity contribution in [2.45, 2.75) is 52.1 Å². The van der Waals surface area contributed by atoms with Crippen molar-refractivity contribution >= 4 is 39.1 Å². The van der Waals surface area contributed by atoms with E-state index in [0.717, 1.165) is 22.5 Å². The number of ether oxygens (including phenoxy) is 1.